The van der Waals surface area contributed by atoms with E-state index in [1.807, 2.05) is 12.1 Å². The van der Waals surface area contributed by atoms with Crippen molar-refractivity contribution in [1.29, 1.82) is 0 Å². The average molecular weight is 324 g/mol. The third-order valence-corrected chi connectivity index (χ3v) is 3.63. The van der Waals surface area contributed by atoms with Gasteiger partial charge in [0.15, 0.2) is 5.65 Å². The minimum atomic E-state index is -0.110. The minimum absolute atomic E-state index is 0.110. The highest BCUT2D eigenvalue weighted by atomic mass is 16.1. The zero-order valence-electron chi connectivity index (χ0n) is 13.7. The number of pyridine rings is 1. The second-order valence-corrected chi connectivity index (χ2v) is 5.74. The fraction of sp³-hybridized carbons (Fsp3) is 0.294. The number of nitrogens with one attached hydrogen (secondary N) is 2. The quantitative estimate of drug-likeness (QED) is 0.678. The van der Waals surface area contributed by atoms with Crippen LogP contribution in [0.4, 0.5) is 5.82 Å². The zero-order chi connectivity index (χ0) is 16.9. The lowest BCUT2D eigenvalue weighted by atomic mass is 10.1. The molecule has 0 atom stereocenters. The maximum atomic E-state index is 12.0. The number of rotatable bonds is 6. The summed E-state index contributed by atoms with van der Waals surface area (Å²) in [7, 11) is 0. The van der Waals surface area contributed by atoms with Gasteiger partial charge in [0.25, 0.3) is 5.91 Å². The lowest BCUT2D eigenvalue weighted by Gasteiger charge is -2.12. The van der Waals surface area contributed by atoms with Crippen LogP contribution in [-0.2, 0) is 0 Å². The van der Waals surface area contributed by atoms with Crippen molar-refractivity contribution in [2.45, 2.75) is 19.8 Å². The highest BCUT2D eigenvalue weighted by molar-refractivity contribution is 5.93. The number of hydrogen-bond donors (Lipinski definition) is 2. The first-order valence-corrected chi connectivity index (χ1v) is 7.92. The molecule has 3 rings (SSSR count). The van der Waals surface area contributed by atoms with Gasteiger partial charge in [0.05, 0.1) is 6.20 Å². The van der Waals surface area contributed by atoms with Crippen molar-refractivity contribution in [3.8, 4) is 0 Å². The van der Waals surface area contributed by atoms with E-state index in [1.165, 1.54) is 0 Å². The van der Waals surface area contributed by atoms with Crippen LogP contribution in [0.3, 0.4) is 0 Å². The Kier molecular flexibility index (Phi) is 4.69. The van der Waals surface area contributed by atoms with E-state index in [0.29, 0.717) is 24.6 Å². The number of fused-ring (bicyclic) bond motifs is 1. The van der Waals surface area contributed by atoms with Crippen LogP contribution >= 0.6 is 0 Å². The number of carbonyl (C=O) groups is 1. The van der Waals surface area contributed by atoms with E-state index in [9.17, 15) is 4.79 Å². The molecule has 24 heavy (non-hydrogen) atoms. The molecule has 3 aromatic rings. The highest BCUT2D eigenvalue weighted by Gasteiger charge is 2.09. The van der Waals surface area contributed by atoms with Gasteiger partial charge < -0.3 is 10.6 Å². The predicted molar refractivity (Wildman–Crippen MR) is 92.1 cm³/mol. The minimum Gasteiger partial charge on any atom is -0.368 e. The van der Waals surface area contributed by atoms with Gasteiger partial charge >= 0.3 is 0 Å². The molecule has 7 heteroatoms. The molecule has 3 heterocycles. The summed E-state index contributed by atoms with van der Waals surface area (Å²) in [5, 5.41) is 10.5. The first-order valence-electron chi connectivity index (χ1n) is 7.92. The molecule has 0 bridgehead atoms. The first kappa shape index (κ1) is 15.9. The Labute approximate surface area is 140 Å². The molecule has 0 aromatic carbocycles. The lowest BCUT2D eigenvalue weighted by molar-refractivity contribution is 0.0955. The van der Waals surface area contributed by atoms with Crippen LogP contribution in [0.1, 0.15) is 35.8 Å². The normalized spacial score (nSPS) is 11.0. The van der Waals surface area contributed by atoms with E-state index in [4.69, 9.17) is 0 Å². The summed E-state index contributed by atoms with van der Waals surface area (Å²) in [5.41, 5.74) is 2.42. The Balaban J connectivity index is 1.61. The number of nitrogens with zero attached hydrogens (tertiary/aromatic N) is 4. The van der Waals surface area contributed by atoms with E-state index < -0.39 is 0 Å². The van der Waals surface area contributed by atoms with Crippen molar-refractivity contribution >= 4 is 17.4 Å². The molecule has 0 aliphatic heterocycles. The van der Waals surface area contributed by atoms with Crippen LogP contribution < -0.4 is 10.6 Å². The molecule has 0 unspecified atom stereocenters. The van der Waals surface area contributed by atoms with E-state index in [0.717, 1.165) is 17.2 Å². The van der Waals surface area contributed by atoms with Gasteiger partial charge in [-0.2, -0.15) is 9.61 Å². The molecule has 0 radical (unpaired) electrons. The van der Waals surface area contributed by atoms with Gasteiger partial charge in [0.1, 0.15) is 5.82 Å². The van der Waals surface area contributed by atoms with Crippen molar-refractivity contribution in [2.75, 3.05) is 18.4 Å². The number of anilines is 1. The van der Waals surface area contributed by atoms with Crippen LogP contribution in [0.5, 0.6) is 0 Å². The Hall–Kier alpha value is -2.96. The SMILES string of the molecule is CC(C)c1cc(NCCNC(=O)c2ccncc2)n2nccc2n1. The predicted octanol–water partition coefficient (Wildman–Crippen LogP) is 2.09. The molecule has 0 aliphatic carbocycles. The van der Waals surface area contributed by atoms with E-state index in [1.54, 1.807) is 35.2 Å². The summed E-state index contributed by atoms with van der Waals surface area (Å²) in [6, 6.07) is 7.25. The summed E-state index contributed by atoms with van der Waals surface area (Å²) >= 11 is 0. The molecular formula is C17H20N6O. The largest absolute Gasteiger partial charge is 0.368 e. The van der Waals surface area contributed by atoms with Crippen LogP contribution in [0.2, 0.25) is 0 Å². The molecule has 0 saturated heterocycles. The van der Waals surface area contributed by atoms with Crippen molar-refractivity contribution < 1.29 is 4.79 Å². The van der Waals surface area contributed by atoms with Crippen molar-refractivity contribution in [2.24, 2.45) is 0 Å². The van der Waals surface area contributed by atoms with Gasteiger partial charge in [-0.25, -0.2) is 4.98 Å². The van der Waals surface area contributed by atoms with Gasteiger partial charge in [-0.05, 0) is 18.1 Å². The van der Waals surface area contributed by atoms with Gasteiger partial charge in [0.2, 0.25) is 0 Å². The molecule has 3 aromatic heterocycles. The Morgan fingerprint density at radius 1 is 1.17 bits per heavy atom. The number of carbonyl (C=O) groups excluding carboxylic acids is 1. The van der Waals surface area contributed by atoms with Gasteiger partial charge in [-0.15, -0.1) is 0 Å². The molecule has 0 saturated carbocycles. The van der Waals surface area contributed by atoms with E-state index in [-0.39, 0.29) is 5.91 Å². The third kappa shape index (κ3) is 3.51. The van der Waals surface area contributed by atoms with Crippen LogP contribution in [0.15, 0.2) is 42.9 Å². The van der Waals surface area contributed by atoms with Crippen LogP contribution in [0, 0.1) is 0 Å². The first-order chi connectivity index (χ1) is 11.6. The summed E-state index contributed by atoms with van der Waals surface area (Å²) in [4.78, 5) is 20.5. The highest BCUT2D eigenvalue weighted by Crippen LogP contribution is 2.18. The zero-order valence-corrected chi connectivity index (χ0v) is 13.7. The standard InChI is InChI=1S/C17H20N6O/c1-12(2)14-11-16(23-15(22-14)5-8-21-23)19-9-10-20-17(24)13-3-6-18-7-4-13/h3-8,11-12,19H,9-10H2,1-2H3,(H,20,24). The van der Waals surface area contributed by atoms with Crippen LogP contribution in [-0.4, -0.2) is 38.6 Å². The summed E-state index contributed by atoms with van der Waals surface area (Å²) in [6.07, 6.45) is 4.93. The van der Waals surface area contributed by atoms with Crippen LogP contribution in [0.25, 0.3) is 5.65 Å². The molecule has 2 N–H and O–H groups in total. The lowest BCUT2D eigenvalue weighted by Crippen LogP contribution is -2.29. The monoisotopic (exact) mass is 324 g/mol. The van der Waals surface area contributed by atoms with Gasteiger partial charge in [0, 0.05) is 48.9 Å². The number of hydrogen-bond acceptors (Lipinski definition) is 5. The molecular weight excluding hydrogens is 304 g/mol. The molecule has 0 spiro atoms. The maximum Gasteiger partial charge on any atom is 0.251 e. The second-order valence-electron chi connectivity index (χ2n) is 5.74. The summed E-state index contributed by atoms with van der Waals surface area (Å²) in [5.74, 6) is 1.09. The van der Waals surface area contributed by atoms with Gasteiger partial charge in [-0.1, -0.05) is 13.8 Å². The van der Waals surface area contributed by atoms with E-state index in [2.05, 4.69) is 39.5 Å². The van der Waals surface area contributed by atoms with Crippen molar-refractivity contribution in [3.63, 3.8) is 0 Å². The fourth-order valence-electron chi connectivity index (χ4n) is 2.33. The Morgan fingerprint density at radius 3 is 2.71 bits per heavy atom. The topological polar surface area (TPSA) is 84.2 Å². The second kappa shape index (κ2) is 7.08. The Bertz CT molecular complexity index is 827. The van der Waals surface area contributed by atoms with Gasteiger partial charge in [-0.3, -0.25) is 9.78 Å². The molecule has 0 aliphatic rings. The van der Waals surface area contributed by atoms with E-state index >= 15 is 0 Å². The molecule has 1 amide bonds. The maximum absolute atomic E-state index is 12.0. The summed E-state index contributed by atoms with van der Waals surface area (Å²) < 4.78 is 1.76. The number of amides is 1. The molecule has 7 nitrogen and oxygen atoms in total. The molecule has 124 valence electrons. The Morgan fingerprint density at radius 2 is 1.96 bits per heavy atom. The summed E-state index contributed by atoms with van der Waals surface area (Å²) in [6.45, 7) is 5.30. The smallest absolute Gasteiger partial charge is 0.251 e. The fourth-order valence-corrected chi connectivity index (χ4v) is 2.33. The van der Waals surface area contributed by atoms with Crippen molar-refractivity contribution in [1.82, 2.24) is 24.9 Å². The third-order valence-electron chi connectivity index (χ3n) is 3.63. The number of aromatic nitrogens is 4. The average Bonchev–Trinajstić information content (AvgIpc) is 3.07. The van der Waals surface area contributed by atoms with Crippen molar-refractivity contribution in [3.05, 3.63) is 54.1 Å². The molecule has 0 fully saturated rings.